The number of thioether (sulfide) groups is 1. The Labute approximate surface area is 104 Å². The second-order valence-corrected chi connectivity index (χ2v) is 6.82. The van der Waals surface area contributed by atoms with Crippen LogP contribution in [0.2, 0.25) is 0 Å². The maximum Gasteiger partial charge on any atom is 0.0113 e. The van der Waals surface area contributed by atoms with Crippen molar-refractivity contribution in [2.24, 2.45) is 5.73 Å². The van der Waals surface area contributed by atoms with Crippen LogP contribution in [0.1, 0.15) is 45.4 Å². The zero-order valence-electron chi connectivity index (χ0n) is 10.7. The normalized spacial score (nSPS) is 37.3. The van der Waals surface area contributed by atoms with Gasteiger partial charge in [0.15, 0.2) is 0 Å². The first-order valence-electron chi connectivity index (χ1n) is 6.74. The Balaban J connectivity index is 1.88. The Bertz CT molecular complexity index is 208. The lowest BCUT2D eigenvalue weighted by molar-refractivity contribution is 0.0310. The van der Waals surface area contributed by atoms with Crippen molar-refractivity contribution in [2.45, 2.75) is 68.8 Å². The fraction of sp³-hybridized carbons (Fsp3) is 1.00. The molecule has 0 amide bonds. The van der Waals surface area contributed by atoms with E-state index in [0.717, 1.165) is 17.3 Å². The molecule has 94 valence electrons. The molecule has 0 spiro atoms. The minimum atomic E-state index is 0.476. The predicted molar refractivity (Wildman–Crippen MR) is 72.9 cm³/mol. The molecule has 0 aliphatic carbocycles. The van der Waals surface area contributed by atoms with Crippen molar-refractivity contribution in [3.05, 3.63) is 0 Å². The SMILES string of the molecule is CSC(C)CCN1C2CCCC1CC(N)C2. The monoisotopic (exact) mass is 242 g/mol. The van der Waals surface area contributed by atoms with E-state index in [1.165, 1.54) is 45.1 Å². The topological polar surface area (TPSA) is 29.3 Å². The Morgan fingerprint density at radius 1 is 1.31 bits per heavy atom. The first-order valence-corrected chi connectivity index (χ1v) is 8.03. The maximum absolute atomic E-state index is 6.14. The van der Waals surface area contributed by atoms with Crippen LogP contribution in [0.4, 0.5) is 0 Å². The van der Waals surface area contributed by atoms with Crippen LogP contribution >= 0.6 is 11.8 Å². The summed E-state index contributed by atoms with van der Waals surface area (Å²) in [5, 5.41) is 0.802. The molecule has 2 fully saturated rings. The van der Waals surface area contributed by atoms with Gasteiger partial charge in [-0.1, -0.05) is 13.3 Å². The summed E-state index contributed by atoms with van der Waals surface area (Å²) in [4.78, 5) is 2.78. The average Bonchev–Trinajstić information content (AvgIpc) is 2.25. The highest BCUT2D eigenvalue weighted by molar-refractivity contribution is 7.99. The van der Waals surface area contributed by atoms with Crippen molar-refractivity contribution in [3.8, 4) is 0 Å². The molecule has 0 radical (unpaired) electrons. The zero-order chi connectivity index (χ0) is 11.5. The summed E-state index contributed by atoms with van der Waals surface area (Å²) in [6.07, 6.45) is 10.2. The van der Waals surface area contributed by atoms with Crippen LogP contribution in [0.25, 0.3) is 0 Å². The molecule has 2 N–H and O–H groups in total. The van der Waals surface area contributed by atoms with Crippen molar-refractivity contribution >= 4 is 11.8 Å². The highest BCUT2D eigenvalue weighted by Crippen LogP contribution is 2.33. The van der Waals surface area contributed by atoms with E-state index in [1.807, 2.05) is 11.8 Å². The third-order valence-electron chi connectivity index (χ3n) is 4.36. The number of hydrogen-bond donors (Lipinski definition) is 1. The molecular formula is C13H26N2S. The van der Waals surface area contributed by atoms with Gasteiger partial charge in [0.1, 0.15) is 0 Å². The Hall–Kier alpha value is 0.270. The number of piperidine rings is 2. The molecule has 2 bridgehead atoms. The molecule has 3 unspecified atom stereocenters. The maximum atomic E-state index is 6.14. The van der Waals surface area contributed by atoms with Crippen molar-refractivity contribution in [3.63, 3.8) is 0 Å². The van der Waals surface area contributed by atoms with Gasteiger partial charge >= 0.3 is 0 Å². The lowest BCUT2D eigenvalue weighted by atomic mass is 9.82. The average molecular weight is 242 g/mol. The minimum Gasteiger partial charge on any atom is -0.328 e. The largest absolute Gasteiger partial charge is 0.328 e. The van der Waals surface area contributed by atoms with Crippen LogP contribution in [0, 0.1) is 0 Å². The first kappa shape index (κ1) is 12.7. The number of nitrogens with zero attached hydrogens (tertiary/aromatic N) is 1. The van der Waals surface area contributed by atoms with E-state index in [0.29, 0.717) is 6.04 Å². The van der Waals surface area contributed by atoms with Gasteiger partial charge in [-0.3, -0.25) is 4.90 Å². The van der Waals surface area contributed by atoms with Crippen LogP contribution in [0.15, 0.2) is 0 Å². The summed E-state index contributed by atoms with van der Waals surface area (Å²) in [6.45, 7) is 3.64. The summed E-state index contributed by atoms with van der Waals surface area (Å²) in [7, 11) is 0. The molecule has 0 aromatic carbocycles. The quantitative estimate of drug-likeness (QED) is 0.821. The molecule has 16 heavy (non-hydrogen) atoms. The molecule has 3 atom stereocenters. The standard InChI is InChI=1S/C13H26N2S/c1-10(16-2)6-7-15-12-4-3-5-13(15)9-11(14)8-12/h10-13H,3-9,14H2,1-2H3. The van der Waals surface area contributed by atoms with E-state index >= 15 is 0 Å². The van der Waals surface area contributed by atoms with Crippen LogP contribution in [-0.4, -0.2) is 41.1 Å². The van der Waals surface area contributed by atoms with Crippen molar-refractivity contribution < 1.29 is 0 Å². The second-order valence-electron chi connectivity index (χ2n) is 5.54. The van der Waals surface area contributed by atoms with Gasteiger partial charge < -0.3 is 5.73 Å². The van der Waals surface area contributed by atoms with Crippen LogP contribution in [0.3, 0.4) is 0 Å². The number of rotatable bonds is 4. The van der Waals surface area contributed by atoms with Crippen molar-refractivity contribution in [1.82, 2.24) is 4.90 Å². The van der Waals surface area contributed by atoms with E-state index in [9.17, 15) is 0 Å². The van der Waals surface area contributed by atoms with E-state index in [1.54, 1.807) is 0 Å². The first-order chi connectivity index (χ1) is 7.70. The van der Waals surface area contributed by atoms with E-state index in [2.05, 4.69) is 18.1 Å². The van der Waals surface area contributed by atoms with Gasteiger partial charge in [-0.05, 0) is 44.9 Å². The Kier molecular flexibility index (Phi) is 4.57. The summed E-state index contributed by atoms with van der Waals surface area (Å²) >= 11 is 1.99. The molecule has 2 aliphatic heterocycles. The molecule has 2 aliphatic rings. The minimum absolute atomic E-state index is 0.476. The lowest BCUT2D eigenvalue weighted by Gasteiger charge is -2.48. The van der Waals surface area contributed by atoms with Gasteiger partial charge in [-0.2, -0.15) is 11.8 Å². The van der Waals surface area contributed by atoms with Crippen LogP contribution in [-0.2, 0) is 0 Å². The van der Waals surface area contributed by atoms with Gasteiger partial charge in [-0.15, -0.1) is 0 Å². The fourth-order valence-corrected chi connectivity index (χ4v) is 3.68. The van der Waals surface area contributed by atoms with Gasteiger partial charge in [-0.25, -0.2) is 0 Å². The molecule has 2 nitrogen and oxygen atoms in total. The second kappa shape index (κ2) is 5.74. The van der Waals surface area contributed by atoms with Crippen LogP contribution < -0.4 is 5.73 Å². The summed E-state index contributed by atoms with van der Waals surface area (Å²) < 4.78 is 0. The molecule has 2 saturated heterocycles. The molecule has 3 heteroatoms. The van der Waals surface area contributed by atoms with Crippen molar-refractivity contribution in [1.29, 1.82) is 0 Å². The number of fused-ring (bicyclic) bond motifs is 2. The number of nitrogens with two attached hydrogens (primary N) is 1. The third-order valence-corrected chi connectivity index (χ3v) is 5.40. The third kappa shape index (κ3) is 2.93. The molecule has 0 saturated carbocycles. The summed E-state index contributed by atoms with van der Waals surface area (Å²) in [5.74, 6) is 0. The summed E-state index contributed by atoms with van der Waals surface area (Å²) in [6, 6.07) is 2.08. The highest BCUT2D eigenvalue weighted by Gasteiger charge is 2.36. The lowest BCUT2D eigenvalue weighted by Crippen LogP contribution is -2.55. The van der Waals surface area contributed by atoms with Gasteiger partial charge in [0.2, 0.25) is 0 Å². The van der Waals surface area contributed by atoms with E-state index < -0.39 is 0 Å². The van der Waals surface area contributed by atoms with Gasteiger partial charge in [0.25, 0.3) is 0 Å². The Morgan fingerprint density at radius 2 is 1.94 bits per heavy atom. The number of hydrogen-bond acceptors (Lipinski definition) is 3. The summed E-state index contributed by atoms with van der Waals surface area (Å²) in [5.41, 5.74) is 6.14. The van der Waals surface area contributed by atoms with E-state index in [-0.39, 0.29) is 0 Å². The smallest absolute Gasteiger partial charge is 0.0113 e. The molecule has 2 rings (SSSR count). The van der Waals surface area contributed by atoms with Gasteiger partial charge in [0.05, 0.1) is 0 Å². The fourth-order valence-electron chi connectivity index (χ4n) is 3.33. The van der Waals surface area contributed by atoms with Gasteiger partial charge in [0, 0.05) is 23.4 Å². The highest BCUT2D eigenvalue weighted by atomic mass is 32.2. The molecule has 0 aromatic rings. The van der Waals surface area contributed by atoms with Crippen LogP contribution in [0.5, 0.6) is 0 Å². The van der Waals surface area contributed by atoms with Crippen molar-refractivity contribution in [2.75, 3.05) is 12.8 Å². The molecular weight excluding hydrogens is 216 g/mol. The Morgan fingerprint density at radius 3 is 2.50 bits per heavy atom. The van der Waals surface area contributed by atoms with E-state index in [4.69, 9.17) is 5.73 Å². The zero-order valence-corrected chi connectivity index (χ0v) is 11.5. The predicted octanol–water partition coefficient (Wildman–Crippen LogP) is 2.47. The molecule has 2 heterocycles. The molecule has 0 aromatic heterocycles.